The topological polar surface area (TPSA) is 35.2 Å². The van der Waals surface area contributed by atoms with Crippen LogP contribution in [0, 0.1) is 12.3 Å². The summed E-state index contributed by atoms with van der Waals surface area (Å²) in [6, 6.07) is 16.0. The monoisotopic (exact) mass is 279 g/mol. The zero-order chi connectivity index (χ0) is 15.1. The van der Waals surface area contributed by atoms with Crippen molar-refractivity contribution in [2.75, 3.05) is 0 Å². The van der Waals surface area contributed by atoms with Crippen molar-refractivity contribution in [3.8, 4) is 29.2 Å². The fourth-order valence-electron chi connectivity index (χ4n) is 1.98. The number of unbranched alkanes of at least 4 members (excludes halogenated alkanes) is 1. The molecule has 21 heavy (non-hydrogen) atoms. The summed E-state index contributed by atoms with van der Waals surface area (Å²) >= 11 is 0. The summed E-state index contributed by atoms with van der Waals surface area (Å²) in [5.74, 6) is 3.27. The maximum absolute atomic E-state index is 5.82. The van der Waals surface area contributed by atoms with Gasteiger partial charge in [0.1, 0.15) is 12.0 Å². The van der Waals surface area contributed by atoms with E-state index in [4.69, 9.17) is 16.9 Å². The molecule has 0 saturated heterocycles. The van der Waals surface area contributed by atoms with Crippen LogP contribution in [-0.4, -0.2) is 6.23 Å². The van der Waals surface area contributed by atoms with E-state index >= 15 is 0 Å². The molecule has 0 aromatic heterocycles. The van der Waals surface area contributed by atoms with Crippen LogP contribution in [0.1, 0.15) is 31.7 Å². The Balaban J connectivity index is 0.000000218. The van der Waals surface area contributed by atoms with Crippen LogP contribution in [0.3, 0.4) is 0 Å². The zero-order valence-corrected chi connectivity index (χ0v) is 12.4. The highest BCUT2D eigenvalue weighted by Crippen LogP contribution is 2.29. The summed E-state index contributed by atoms with van der Waals surface area (Å²) in [4.78, 5) is 0. The first-order chi connectivity index (χ1) is 10.2. The third-order valence-corrected chi connectivity index (χ3v) is 3.38. The van der Waals surface area contributed by atoms with Crippen LogP contribution < -0.4 is 10.5 Å². The van der Waals surface area contributed by atoms with Crippen molar-refractivity contribution < 1.29 is 4.74 Å². The van der Waals surface area contributed by atoms with Crippen LogP contribution in [0.25, 0.3) is 11.1 Å². The Morgan fingerprint density at radius 3 is 2.19 bits per heavy atom. The highest BCUT2D eigenvalue weighted by atomic mass is 16.5. The van der Waals surface area contributed by atoms with Gasteiger partial charge in [-0.3, -0.25) is 5.73 Å². The molecule has 0 saturated carbocycles. The van der Waals surface area contributed by atoms with Gasteiger partial charge in [-0.25, -0.2) is 0 Å². The Kier molecular flexibility index (Phi) is 5.43. The average Bonchev–Trinajstić information content (AvgIpc) is 2.50. The molecule has 0 radical (unpaired) electrons. The fraction of sp³-hybridized carbons (Fsp3) is 0.263. The maximum atomic E-state index is 5.82. The number of fused-ring (bicyclic) bond motifs is 1. The van der Waals surface area contributed by atoms with E-state index in [1.54, 1.807) is 0 Å². The van der Waals surface area contributed by atoms with Gasteiger partial charge in [-0.2, -0.15) is 0 Å². The number of nitrogens with two attached hydrogens (primary N) is 1. The molecule has 108 valence electrons. The summed E-state index contributed by atoms with van der Waals surface area (Å²) in [6.45, 7) is 2.13. The summed E-state index contributed by atoms with van der Waals surface area (Å²) in [7, 11) is 0. The Morgan fingerprint density at radius 2 is 1.71 bits per heavy atom. The molecular weight excluding hydrogens is 258 g/mol. The normalized spacial score (nSPS) is 11.7. The minimum absolute atomic E-state index is 0.264. The summed E-state index contributed by atoms with van der Waals surface area (Å²) in [5.41, 5.74) is 9.43. The van der Waals surface area contributed by atoms with Crippen molar-refractivity contribution in [3.63, 3.8) is 0 Å². The largest absolute Gasteiger partial charge is 0.474 e. The van der Waals surface area contributed by atoms with E-state index in [-0.39, 0.29) is 6.23 Å². The van der Waals surface area contributed by atoms with Crippen molar-refractivity contribution in [2.45, 2.75) is 32.4 Å². The van der Waals surface area contributed by atoms with Gasteiger partial charge in [0.05, 0.1) is 5.56 Å². The van der Waals surface area contributed by atoms with Gasteiger partial charge in [-0.1, -0.05) is 55.7 Å². The van der Waals surface area contributed by atoms with E-state index in [9.17, 15) is 0 Å². The minimum Gasteiger partial charge on any atom is -0.474 e. The van der Waals surface area contributed by atoms with Crippen LogP contribution in [0.15, 0.2) is 48.5 Å². The van der Waals surface area contributed by atoms with E-state index in [2.05, 4.69) is 37.1 Å². The number of hydrogen-bond acceptors (Lipinski definition) is 2. The van der Waals surface area contributed by atoms with Crippen LogP contribution in [0.4, 0.5) is 0 Å². The van der Waals surface area contributed by atoms with Gasteiger partial charge in [0.25, 0.3) is 0 Å². The highest BCUT2D eigenvalue weighted by Gasteiger charge is 2.06. The third-order valence-electron chi connectivity index (χ3n) is 3.38. The second kappa shape index (κ2) is 7.52. The summed E-state index contributed by atoms with van der Waals surface area (Å²) in [6.07, 6.45) is 8.14. The van der Waals surface area contributed by atoms with Crippen LogP contribution >= 0.6 is 0 Å². The van der Waals surface area contributed by atoms with Crippen LogP contribution in [0.2, 0.25) is 0 Å². The molecule has 2 nitrogen and oxygen atoms in total. The van der Waals surface area contributed by atoms with Gasteiger partial charge in [0.2, 0.25) is 0 Å². The molecule has 2 aliphatic rings. The van der Waals surface area contributed by atoms with Crippen molar-refractivity contribution in [1.82, 2.24) is 0 Å². The maximum Gasteiger partial charge on any atom is 0.147 e. The molecule has 0 aliphatic heterocycles. The number of hydrogen-bond donors (Lipinski definition) is 1. The van der Waals surface area contributed by atoms with Gasteiger partial charge < -0.3 is 4.74 Å². The van der Waals surface area contributed by atoms with E-state index in [1.165, 1.54) is 11.1 Å². The van der Waals surface area contributed by atoms with Crippen molar-refractivity contribution in [1.29, 1.82) is 0 Å². The van der Waals surface area contributed by atoms with Gasteiger partial charge >= 0.3 is 0 Å². The lowest BCUT2D eigenvalue weighted by Crippen LogP contribution is -2.27. The molecule has 1 aromatic carbocycles. The van der Waals surface area contributed by atoms with Crippen LogP contribution in [-0.2, 0) is 0 Å². The molecule has 1 atom stereocenters. The lowest BCUT2D eigenvalue weighted by Gasteiger charge is -2.15. The van der Waals surface area contributed by atoms with E-state index in [1.807, 2.05) is 24.3 Å². The van der Waals surface area contributed by atoms with E-state index in [0.717, 1.165) is 24.8 Å². The molecule has 0 fully saturated rings. The number of ether oxygens (including phenoxy) is 1. The van der Waals surface area contributed by atoms with Crippen molar-refractivity contribution in [2.24, 2.45) is 5.73 Å². The zero-order valence-electron chi connectivity index (χ0n) is 12.4. The fourth-order valence-corrected chi connectivity index (χ4v) is 1.98. The lowest BCUT2D eigenvalue weighted by atomic mass is 9.95. The molecular formula is C19H21NO. The molecule has 0 bridgehead atoms. The molecule has 2 N–H and O–H groups in total. The van der Waals surface area contributed by atoms with Gasteiger partial charge in [0.15, 0.2) is 0 Å². The van der Waals surface area contributed by atoms with Gasteiger partial charge in [-0.05, 0) is 36.1 Å². The van der Waals surface area contributed by atoms with Crippen LogP contribution in [0.5, 0.6) is 5.75 Å². The van der Waals surface area contributed by atoms with E-state index < -0.39 is 0 Å². The molecule has 3 rings (SSSR count). The third kappa shape index (κ3) is 4.11. The SMILES string of the molecule is C#Cc1ccccc1OC(N)CCCC.c1cc2ccc1-2. The molecule has 1 aromatic rings. The molecule has 2 heteroatoms. The molecule has 0 heterocycles. The second-order valence-electron chi connectivity index (χ2n) is 5.02. The Hall–Kier alpha value is -2.24. The van der Waals surface area contributed by atoms with Gasteiger partial charge in [0, 0.05) is 0 Å². The first-order valence-corrected chi connectivity index (χ1v) is 7.33. The summed E-state index contributed by atoms with van der Waals surface area (Å²) in [5, 5.41) is 0. The number of rotatable bonds is 5. The Morgan fingerprint density at radius 1 is 1.10 bits per heavy atom. The number of benzene rings is 2. The lowest BCUT2D eigenvalue weighted by molar-refractivity contribution is 0.195. The summed E-state index contributed by atoms with van der Waals surface area (Å²) < 4.78 is 5.57. The molecule has 0 spiro atoms. The average molecular weight is 279 g/mol. The smallest absolute Gasteiger partial charge is 0.147 e. The van der Waals surface area contributed by atoms with Crippen molar-refractivity contribution in [3.05, 3.63) is 54.1 Å². The second-order valence-corrected chi connectivity index (χ2v) is 5.02. The Labute approximate surface area is 126 Å². The Bertz CT molecular complexity index is 589. The number of terminal acetylenes is 1. The minimum atomic E-state index is -0.264. The predicted molar refractivity (Wildman–Crippen MR) is 87.9 cm³/mol. The van der Waals surface area contributed by atoms with E-state index in [0.29, 0.717) is 5.75 Å². The predicted octanol–water partition coefficient (Wildman–Crippen LogP) is 4.19. The first kappa shape index (κ1) is 15.2. The number of para-hydroxylation sites is 1. The highest BCUT2D eigenvalue weighted by molar-refractivity contribution is 5.75. The molecule has 2 aliphatic carbocycles. The molecule has 1 unspecified atom stereocenters. The first-order valence-electron chi connectivity index (χ1n) is 7.33. The van der Waals surface area contributed by atoms with Gasteiger partial charge in [-0.15, -0.1) is 6.42 Å². The standard InChI is InChI=1S/C13H17NO.C6H4/c1-3-5-10-13(14)15-12-9-7-6-8-11(12)4-2;1-2-6-4-3-5(1)6/h2,6-9,13H,3,5,10,14H2,1H3;1-4H. The quantitative estimate of drug-likeness (QED) is 0.561. The van der Waals surface area contributed by atoms with Crippen molar-refractivity contribution >= 4 is 0 Å². The molecule has 0 amide bonds.